The average molecular weight is 256 g/mol. The first-order valence-electron chi connectivity index (χ1n) is 5.62. The van der Waals surface area contributed by atoms with Crippen LogP contribution in [0.5, 0.6) is 0 Å². The molecule has 1 rings (SSSR count). The van der Waals surface area contributed by atoms with Gasteiger partial charge in [0.05, 0.1) is 4.90 Å². The smallest absolute Gasteiger partial charge is 0.243 e. The molecule has 1 aromatic carbocycles. The first-order chi connectivity index (χ1) is 7.88. The lowest BCUT2D eigenvalue weighted by Gasteiger charge is -2.36. The predicted molar refractivity (Wildman–Crippen MR) is 69.1 cm³/mol. The standard InChI is InChI=1S/C12H20N2O2S/c1-4-12(2,10-13)14(3)17(15,16)11-8-6-5-7-9-11/h5-9H,4,10,13H2,1-3H3. The molecule has 0 bridgehead atoms. The van der Waals surface area contributed by atoms with E-state index >= 15 is 0 Å². The van der Waals surface area contributed by atoms with E-state index < -0.39 is 15.6 Å². The fraction of sp³-hybridized carbons (Fsp3) is 0.500. The highest BCUT2D eigenvalue weighted by molar-refractivity contribution is 7.89. The molecule has 0 fully saturated rings. The predicted octanol–water partition coefficient (Wildman–Crippen LogP) is 1.43. The molecule has 17 heavy (non-hydrogen) atoms. The highest BCUT2D eigenvalue weighted by atomic mass is 32.2. The summed E-state index contributed by atoms with van der Waals surface area (Å²) in [5.41, 5.74) is 5.14. The molecule has 1 atom stereocenters. The van der Waals surface area contributed by atoms with Crippen LogP contribution in [0.4, 0.5) is 0 Å². The summed E-state index contributed by atoms with van der Waals surface area (Å²) >= 11 is 0. The van der Waals surface area contributed by atoms with Gasteiger partial charge in [-0.05, 0) is 25.5 Å². The van der Waals surface area contributed by atoms with Gasteiger partial charge in [0.15, 0.2) is 0 Å². The SMILES string of the molecule is CCC(C)(CN)N(C)S(=O)(=O)c1ccccc1. The molecule has 0 aliphatic carbocycles. The van der Waals surface area contributed by atoms with Gasteiger partial charge in [0.2, 0.25) is 10.0 Å². The van der Waals surface area contributed by atoms with Gasteiger partial charge < -0.3 is 5.73 Å². The zero-order valence-electron chi connectivity index (χ0n) is 10.6. The van der Waals surface area contributed by atoms with Crippen LogP contribution in [0.25, 0.3) is 0 Å². The molecule has 5 heteroatoms. The summed E-state index contributed by atoms with van der Waals surface area (Å²) in [7, 11) is -1.89. The molecule has 0 spiro atoms. The Morgan fingerprint density at radius 1 is 1.29 bits per heavy atom. The number of hydrogen-bond acceptors (Lipinski definition) is 3. The van der Waals surface area contributed by atoms with Crippen LogP contribution in [0, 0.1) is 0 Å². The number of likely N-dealkylation sites (N-methyl/N-ethyl adjacent to an activating group) is 1. The molecule has 96 valence electrons. The molecule has 0 heterocycles. The van der Waals surface area contributed by atoms with Crippen LogP contribution in [0.1, 0.15) is 20.3 Å². The molecule has 0 aromatic heterocycles. The molecule has 2 N–H and O–H groups in total. The van der Waals surface area contributed by atoms with Crippen molar-refractivity contribution in [3.63, 3.8) is 0 Å². The van der Waals surface area contributed by atoms with Gasteiger partial charge in [0.25, 0.3) is 0 Å². The zero-order valence-corrected chi connectivity index (χ0v) is 11.4. The Morgan fingerprint density at radius 2 is 1.82 bits per heavy atom. The topological polar surface area (TPSA) is 63.4 Å². The Kier molecular flexibility index (Phi) is 4.30. The van der Waals surface area contributed by atoms with Crippen molar-refractivity contribution in [2.75, 3.05) is 13.6 Å². The maximum Gasteiger partial charge on any atom is 0.243 e. The molecular weight excluding hydrogens is 236 g/mol. The molecular formula is C12H20N2O2S. The molecule has 4 nitrogen and oxygen atoms in total. The fourth-order valence-electron chi connectivity index (χ4n) is 1.54. The summed E-state index contributed by atoms with van der Waals surface area (Å²) in [6, 6.07) is 8.41. The normalized spacial score (nSPS) is 15.8. The lowest BCUT2D eigenvalue weighted by atomic mass is 10.00. The van der Waals surface area contributed by atoms with Gasteiger partial charge in [-0.2, -0.15) is 4.31 Å². The minimum Gasteiger partial charge on any atom is -0.329 e. The van der Waals surface area contributed by atoms with Gasteiger partial charge in [-0.15, -0.1) is 0 Å². The Bertz CT molecular complexity index is 453. The number of sulfonamides is 1. The number of nitrogens with two attached hydrogens (primary N) is 1. The number of rotatable bonds is 5. The summed E-state index contributed by atoms with van der Waals surface area (Å²) in [4.78, 5) is 0.302. The molecule has 0 radical (unpaired) electrons. The minimum absolute atomic E-state index is 0.298. The molecule has 0 aliphatic rings. The Labute approximate surface area is 103 Å². The van der Waals surface area contributed by atoms with E-state index in [0.29, 0.717) is 17.9 Å². The van der Waals surface area contributed by atoms with E-state index in [1.54, 1.807) is 37.4 Å². The van der Waals surface area contributed by atoms with Crippen LogP contribution >= 0.6 is 0 Å². The van der Waals surface area contributed by atoms with E-state index in [1.807, 2.05) is 13.8 Å². The van der Waals surface area contributed by atoms with Crippen LogP contribution in [0.15, 0.2) is 35.2 Å². The van der Waals surface area contributed by atoms with Crippen molar-refractivity contribution in [1.29, 1.82) is 0 Å². The van der Waals surface area contributed by atoms with E-state index in [9.17, 15) is 8.42 Å². The van der Waals surface area contributed by atoms with E-state index in [-0.39, 0.29) is 0 Å². The average Bonchev–Trinajstić information content (AvgIpc) is 2.38. The van der Waals surface area contributed by atoms with E-state index in [4.69, 9.17) is 5.73 Å². The Hall–Kier alpha value is -0.910. The van der Waals surface area contributed by atoms with Crippen molar-refractivity contribution in [3.8, 4) is 0 Å². The summed E-state index contributed by atoms with van der Waals surface area (Å²) in [5.74, 6) is 0. The van der Waals surface area contributed by atoms with Gasteiger partial charge in [-0.1, -0.05) is 25.1 Å². The number of hydrogen-bond donors (Lipinski definition) is 1. The van der Waals surface area contributed by atoms with Crippen LogP contribution in [-0.4, -0.2) is 31.9 Å². The third kappa shape index (κ3) is 2.68. The quantitative estimate of drug-likeness (QED) is 0.867. The Morgan fingerprint density at radius 3 is 2.24 bits per heavy atom. The number of benzene rings is 1. The molecule has 0 amide bonds. The Balaban J connectivity index is 3.16. The van der Waals surface area contributed by atoms with E-state index in [2.05, 4.69) is 0 Å². The lowest BCUT2D eigenvalue weighted by Crippen LogP contribution is -2.51. The number of nitrogens with zero attached hydrogens (tertiary/aromatic N) is 1. The zero-order chi connectivity index (χ0) is 13.1. The molecule has 0 saturated heterocycles. The molecule has 0 aliphatic heterocycles. The second-order valence-corrected chi connectivity index (χ2v) is 6.31. The first kappa shape index (κ1) is 14.2. The van der Waals surface area contributed by atoms with Gasteiger partial charge >= 0.3 is 0 Å². The van der Waals surface area contributed by atoms with Crippen LogP contribution in [0.3, 0.4) is 0 Å². The van der Waals surface area contributed by atoms with Gasteiger partial charge in [-0.3, -0.25) is 0 Å². The minimum atomic E-state index is -3.47. The molecule has 0 saturated carbocycles. The molecule has 1 unspecified atom stereocenters. The van der Waals surface area contributed by atoms with Gasteiger partial charge in [-0.25, -0.2) is 8.42 Å². The second kappa shape index (κ2) is 5.16. The third-order valence-electron chi connectivity index (χ3n) is 3.36. The largest absolute Gasteiger partial charge is 0.329 e. The van der Waals surface area contributed by atoms with E-state index in [0.717, 1.165) is 0 Å². The van der Waals surface area contributed by atoms with Crippen LogP contribution < -0.4 is 5.73 Å². The third-order valence-corrected chi connectivity index (χ3v) is 5.39. The maximum atomic E-state index is 12.4. The van der Waals surface area contributed by atoms with Crippen molar-refractivity contribution in [3.05, 3.63) is 30.3 Å². The lowest BCUT2D eigenvalue weighted by molar-refractivity contribution is 0.240. The monoisotopic (exact) mass is 256 g/mol. The van der Waals surface area contributed by atoms with Crippen LogP contribution in [0.2, 0.25) is 0 Å². The highest BCUT2D eigenvalue weighted by Crippen LogP contribution is 2.24. The van der Waals surface area contributed by atoms with Crippen molar-refractivity contribution < 1.29 is 8.42 Å². The highest BCUT2D eigenvalue weighted by Gasteiger charge is 2.35. The summed E-state index contributed by atoms with van der Waals surface area (Å²) in [6.45, 7) is 4.09. The van der Waals surface area contributed by atoms with Gasteiger partial charge in [0, 0.05) is 19.1 Å². The van der Waals surface area contributed by atoms with Crippen molar-refractivity contribution in [2.45, 2.75) is 30.7 Å². The van der Waals surface area contributed by atoms with Crippen molar-refractivity contribution >= 4 is 10.0 Å². The molecule has 1 aromatic rings. The van der Waals surface area contributed by atoms with Gasteiger partial charge in [0.1, 0.15) is 0 Å². The summed E-state index contributed by atoms with van der Waals surface area (Å²) in [5, 5.41) is 0. The summed E-state index contributed by atoms with van der Waals surface area (Å²) < 4.78 is 26.1. The van der Waals surface area contributed by atoms with Crippen molar-refractivity contribution in [1.82, 2.24) is 4.31 Å². The van der Waals surface area contributed by atoms with Crippen molar-refractivity contribution in [2.24, 2.45) is 5.73 Å². The second-order valence-electron chi connectivity index (χ2n) is 4.34. The maximum absolute atomic E-state index is 12.4. The summed E-state index contributed by atoms with van der Waals surface area (Å²) in [6.07, 6.45) is 0.673. The first-order valence-corrected chi connectivity index (χ1v) is 7.06. The fourth-order valence-corrected chi connectivity index (χ4v) is 3.14. The van der Waals surface area contributed by atoms with Crippen LogP contribution in [-0.2, 0) is 10.0 Å². The van der Waals surface area contributed by atoms with E-state index in [1.165, 1.54) is 4.31 Å².